The van der Waals surface area contributed by atoms with E-state index in [0.717, 1.165) is 5.56 Å². The average molecular weight is 610 g/mol. The number of hydrogen-bond donors (Lipinski definition) is 0. The third kappa shape index (κ3) is 5.39. The van der Waals surface area contributed by atoms with Gasteiger partial charge in [0.2, 0.25) is 11.4 Å². The van der Waals surface area contributed by atoms with E-state index >= 15 is 0 Å². The number of carbonyl (C=O) groups is 3. The van der Waals surface area contributed by atoms with Gasteiger partial charge in [-0.15, -0.1) is 0 Å². The fraction of sp³-hybridized carbons (Fsp3) is 0.516. The van der Waals surface area contributed by atoms with Crippen LogP contribution in [0.1, 0.15) is 61.9 Å². The lowest BCUT2D eigenvalue weighted by atomic mass is 9.86. The molecule has 0 N–H and O–H groups in total. The van der Waals surface area contributed by atoms with Gasteiger partial charge in [-0.2, -0.15) is 5.26 Å². The maximum absolute atomic E-state index is 13.8. The molecule has 1 aromatic heterocycles. The first-order valence-corrected chi connectivity index (χ1v) is 14.7. The first-order chi connectivity index (χ1) is 21.2. The Labute approximate surface area is 254 Å². The van der Waals surface area contributed by atoms with Crippen molar-refractivity contribution in [2.24, 2.45) is 0 Å². The highest BCUT2D eigenvalue weighted by molar-refractivity contribution is 5.88. The van der Waals surface area contributed by atoms with E-state index in [9.17, 15) is 24.4 Å². The minimum Gasteiger partial charge on any atom is -0.497 e. The van der Waals surface area contributed by atoms with Crippen LogP contribution in [-0.2, 0) is 57.8 Å². The minimum atomic E-state index is -2.16. The van der Waals surface area contributed by atoms with Crippen LogP contribution in [0.15, 0.2) is 35.1 Å². The summed E-state index contributed by atoms with van der Waals surface area (Å²) < 4.78 is 35.1. The molecule has 13 heteroatoms. The monoisotopic (exact) mass is 609 g/mol. The van der Waals surface area contributed by atoms with Crippen LogP contribution in [-0.4, -0.2) is 67.0 Å². The van der Waals surface area contributed by atoms with Crippen LogP contribution >= 0.6 is 0 Å². The third-order valence-corrected chi connectivity index (χ3v) is 8.31. The summed E-state index contributed by atoms with van der Waals surface area (Å²) in [6.45, 7) is 4.20. The molecule has 3 aliphatic heterocycles. The van der Waals surface area contributed by atoms with E-state index in [2.05, 4.69) is 0 Å². The topological polar surface area (TPSA) is 156 Å². The Morgan fingerprint density at radius 3 is 2.48 bits per heavy atom. The van der Waals surface area contributed by atoms with E-state index in [1.54, 1.807) is 45.2 Å². The molecule has 2 saturated heterocycles. The standard InChI is InChI=1S/C31H35N3O10/c1-4-30(28(37)40-5-2,23-17-25-31(42-15-16-43-31)12-14-34(25)26(35)22(23)18-32)44-27(36)24-7-6-13-33(24)29(38)41-19-20-8-10-21(39-3)11-9-20/h8-11,17,24H,4-7,12-16,19H2,1-3H3/t24-,30-/m1/s1. The second-order valence-corrected chi connectivity index (χ2v) is 10.7. The number of benzene rings is 1. The summed E-state index contributed by atoms with van der Waals surface area (Å²) in [6, 6.07) is 9.32. The van der Waals surface area contributed by atoms with Crippen LogP contribution in [0.2, 0.25) is 0 Å². The van der Waals surface area contributed by atoms with Gasteiger partial charge in [0, 0.05) is 25.1 Å². The van der Waals surface area contributed by atoms with Crippen molar-refractivity contribution in [1.82, 2.24) is 9.47 Å². The third-order valence-electron chi connectivity index (χ3n) is 8.31. The summed E-state index contributed by atoms with van der Waals surface area (Å²) in [7, 11) is 1.55. The van der Waals surface area contributed by atoms with Crippen molar-refractivity contribution in [1.29, 1.82) is 5.26 Å². The van der Waals surface area contributed by atoms with Crippen molar-refractivity contribution in [2.75, 3.05) is 33.5 Å². The number of carbonyl (C=O) groups excluding carboxylic acids is 3. The number of fused-ring (bicyclic) bond motifs is 2. The highest BCUT2D eigenvalue weighted by atomic mass is 16.7. The Morgan fingerprint density at radius 1 is 1.11 bits per heavy atom. The number of amides is 1. The summed E-state index contributed by atoms with van der Waals surface area (Å²) in [4.78, 5) is 55.4. The van der Waals surface area contributed by atoms with Gasteiger partial charge in [-0.1, -0.05) is 19.1 Å². The molecule has 1 amide bonds. The van der Waals surface area contributed by atoms with Gasteiger partial charge in [-0.25, -0.2) is 14.4 Å². The molecule has 1 spiro atoms. The summed E-state index contributed by atoms with van der Waals surface area (Å²) in [5, 5.41) is 10.1. The Balaban J connectivity index is 1.46. The van der Waals surface area contributed by atoms with E-state index < -0.39 is 41.0 Å². The van der Waals surface area contributed by atoms with Gasteiger partial charge in [-0.05, 0) is 49.9 Å². The van der Waals surface area contributed by atoms with Gasteiger partial charge in [0.1, 0.15) is 30.0 Å². The van der Waals surface area contributed by atoms with Crippen molar-refractivity contribution in [3.63, 3.8) is 0 Å². The van der Waals surface area contributed by atoms with Gasteiger partial charge in [-0.3, -0.25) is 9.69 Å². The molecule has 2 atom stereocenters. The minimum absolute atomic E-state index is 0.0285. The lowest BCUT2D eigenvalue weighted by molar-refractivity contribution is -0.187. The summed E-state index contributed by atoms with van der Waals surface area (Å²) in [5.41, 5.74) is -2.22. The van der Waals surface area contributed by atoms with E-state index in [0.29, 0.717) is 37.5 Å². The van der Waals surface area contributed by atoms with E-state index in [-0.39, 0.29) is 50.3 Å². The number of likely N-dealkylation sites (tertiary alicyclic amines) is 1. The fourth-order valence-corrected chi connectivity index (χ4v) is 6.03. The lowest BCUT2D eigenvalue weighted by Crippen LogP contribution is -2.49. The Kier molecular flexibility index (Phi) is 8.94. The van der Waals surface area contributed by atoms with Gasteiger partial charge in [0.05, 0.1) is 32.6 Å². The van der Waals surface area contributed by atoms with E-state index in [1.807, 2.05) is 6.07 Å². The highest BCUT2D eigenvalue weighted by Gasteiger charge is 2.52. The first kappa shape index (κ1) is 31.0. The van der Waals surface area contributed by atoms with Crippen molar-refractivity contribution in [2.45, 2.75) is 70.1 Å². The van der Waals surface area contributed by atoms with Gasteiger partial charge in [0.25, 0.3) is 5.56 Å². The molecule has 0 unspecified atom stereocenters. The molecule has 0 bridgehead atoms. The molecule has 13 nitrogen and oxygen atoms in total. The molecule has 3 aliphatic rings. The molecular weight excluding hydrogens is 574 g/mol. The van der Waals surface area contributed by atoms with Crippen molar-refractivity contribution in [3.05, 3.63) is 63.1 Å². The van der Waals surface area contributed by atoms with Crippen molar-refractivity contribution in [3.8, 4) is 11.8 Å². The van der Waals surface area contributed by atoms with E-state index in [1.165, 1.54) is 15.5 Å². The van der Waals surface area contributed by atoms with E-state index in [4.69, 9.17) is 28.4 Å². The maximum atomic E-state index is 13.8. The van der Waals surface area contributed by atoms with Crippen molar-refractivity contribution >= 4 is 18.0 Å². The zero-order valence-electron chi connectivity index (χ0n) is 25.0. The Morgan fingerprint density at radius 2 is 1.84 bits per heavy atom. The molecular formula is C31H35N3O10. The summed E-state index contributed by atoms with van der Waals surface area (Å²) in [6.07, 6.45) is 0.228. The molecule has 0 saturated carbocycles. The first-order valence-electron chi connectivity index (χ1n) is 14.7. The number of esters is 2. The van der Waals surface area contributed by atoms with Crippen LogP contribution in [0.4, 0.5) is 4.79 Å². The quantitative estimate of drug-likeness (QED) is 0.304. The molecule has 4 heterocycles. The molecule has 44 heavy (non-hydrogen) atoms. The number of nitriles is 1. The molecule has 0 aliphatic carbocycles. The van der Waals surface area contributed by atoms with Crippen LogP contribution in [0.25, 0.3) is 0 Å². The Hall–Kier alpha value is -4.41. The number of nitrogens with zero attached hydrogens (tertiary/aromatic N) is 3. The number of ether oxygens (including phenoxy) is 6. The predicted octanol–water partition coefficient (Wildman–Crippen LogP) is 2.84. The van der Waals surface area contributed by atoms with Gasteiger partial charge >= 0.3 is 18.0 Å². The zero-order chi connectivity index (χ0) is 31.5. The van der Waals surface area contributed by atoms with Crippen LogP contribution < -0.4 is 10.3 Å². The molecule has 2 fully saturated rings. The molecule has 0 radical (unpaired) electrons. The van der Waals surface area contributed by atoms with Gasteiger partial charge < -0.3 is 33.0 Å². The molecule has 1 aromatic carbocycles. The summed E-state index contributed by atoms with van der Waals surface area (Å²) in [5.74, 6) is -2.38. The van der Waals surface area contributed by atoms with Crippen molar-refractivity contribution < 1.29 is 42.8 Å². The number of pyridine rings is 1. The fourth-order valence-electron chi connectivity index (χ4n) is 6.03. The van der Waals surface area contributed by atoms with Crippen LogP contribution in [0, 0.1) is 11.3 Å². The molecule has 5 rings (SSSR count). The maximum Gasteiger partial charge on any atom is 0.410 e. The summed E-state index contributed by atoms with van der Waals surface area (Å²) >= 11 is 0. The smallest absolute Gasteiger partial charge is 0.410 e. The average Bonchev–Trinajstić information content (AvgIpc) is 3.80. The number of aromatic nitrogens is 1. The number of rotatable bonds is 9. The number of hydrogen-bond acceptors (Lipinski definition) is 11. The van der Waals surface area contributed by atoms with Crippen LogP contribution in [0.3, 0.4) is 0 Å². The second kappa shape index (κ2) is 12.7. The van der Waals surface area contributed by atoms with Gasteiger partial charge in [0.15, 0.2) is 0 Å². The Bertz CT molecular complexity index is 1520. The van der Waals surface area contributed by atoms with Crippen LogP contribution in [0.5, 0.6) is 5.75 Å². The second-order valence-electron chi connectivity index (χ2n) is 10.7. The molecule has 2 aromatic rings. The highest BCUT2D eigenvalue weighted by Crippen LogP contribution is 2.43. The lowest BCUT2D eigenvalue weighted by Gasteiger charge is -2.34. The SMILES string of the molecule is CCOC(=O)[C@](CC)(OC(=O)[C@H]1CCCN1C(=O)OCc1ccc(OC)cc1)c1cc2n(c(=O)c1C#N)CCC21OCCO1. The normalized spacial score (nSPS) is 19.6. The molecule has 234 valence electrons. The largest absolute Gasteiger partial charge is 0.497 e. The number of methoxy groups -OCH3 is 1. The predicted molar refractivity (Wildman–Crippen MR) is 151 cm³/mol. The zero-order valence-corrected chi connectivity index (χ0v) is 25.0.